The molecule has 63 heteroatoms. The number of rotatable bonds is 42. The van der Waals surface area contributed by atoms with Gasteiger partial charge in [-0.15, -0.1) is 0 Å². The zero-order valence-corrected chi connectivity index (χ0v) is 79.5. The van der Waals surface area contributed by atoms with E-state index in [1.807, 2.05) is 0 Å². The number of aliphatic hydroxyl groups is 28. The molecule has 840 valence electrons. The van der Waals surface area contributed by atoms with Crippen LogP contribution in [-0.4, -0.2) is 600 Å². The predicted molar refractivity (Wildman–Crippen MR) is 456 cm³/mol. The summed E-state index contributed by atoms with van der Waals surface area (Å²) in [5.74, 6) is -15.7. The van der Waals surface area contributed by atoms with Gasteiger partial charge >= 0.3 is 11.9 Å². The van der Waals surface area contributed by atoms with Crippen molar-refractivity contribution in [3.05, 3.63) is 0 Å². The highest BCUT2D eigenvalue weighted by Crippen LogP contribution is 2.45. The first-order valence-electron chi connectivity index (χ1n) is 47.0. The molecule has 11 fully saturated rings. The van der Waals surface area contributed by atoms with Gasteiger partial charge in [0.05, 0.1) is 121 Å². The molecular weight excluding hydrogens is 1990 g/mol. The number of carbonyl (C=O) groups excluding carboxylic acids is 4. The Bertz CT molecular complexity index is 4130. The minimum atomic E-state index is -2.96. The Morgan fingerprint density at radius 2 is 0.664 bits per heavy atom. The van der Waals surface area contributed by atoms with E-state index < -0.39 is 470 Å². The Balaban J connectivity index is 0.884. The molecule has 11 heterocycles. The predicted octanol–water partition coefficient (Wildman–Crippen LogP) is -21.2. The van der Waals surface area contributed by atoms with Crippen LogP contribution in [0.25, 0.3) is 0 Å². The Hall–Kier alpha value is -5.12. The van der Waals surface area contributed by atoms with Crippen molar-refractivity contribution >= 4 is 43.6 Å². The Labute approximate surface area is 830 Å². The molecule has 11 aliphatic rings. The van der Waals surface area contributed by atoms with E-state index in [9.17, 15) is 182 Å². The number of aliphatic hydroxyl groups excluding tert-OH is 28. The second-order valence-corrected chi connectivity index (χ2v) is 37.8. The van der Waals surface area contributed by atoms with E-state index in [1.54, 1.807) is 0 Å². The molecule has 0 aromatic carbocycles. The first-order chi connectivity index (χ1) is 68.8. The molecule has 11 saturated heterocycles. The number of carbonyl (C=O) groups is 6. The average molecular weight is 2130 g/mol. The smallest absolute Gasteiger partial charge is 0.364 e. The van der Waals surface area contributed by atoms with Crippen molar-refractivity contribution in [2.24, 2.45) is 11.8 Å². The molecule has 0 aliphatic carbocycles. The summed E-state index contributed by atoms with van der Waals surface area (Å²) in [6.07, 6.45) is -103. The van der Waals surface area contributed by atoms with Crippen molar-refractivity contribution in [1.82, 2.24) is 21.3 Å². The third kappa shape index (κ3) is 27.0. The van der Waals surface area contributed by atoms with Gasteiger partial charge in [0.15, 0.2) is 50.3 Å². The summed E-state index contributed by atoms with van der Waals surface area (Å²) in [5.41, 5.74) is 0. The lowest BCUT2D eigenvalue weighted by molar-refractivity contribution is -0.398. The molecule has 146 heavy (non-hydrogen) atoms. The van der Waals surface area contributed by atoms with Crippen molar-refractivity contribution < 1.29 is 286 Å². The lowest BCUT2D eigenvalue weighted by Crippen LogP contribution is -2.71. The third-order valence-electron chi connectivity index (χ3n) is 27.5. The van der Waals surface area contributed by atoms with E-state index in [1.165, 1.54) is 20.8 Å². The number of amides is 4. The number of ether oxygens (including phenoxy) is 21. The zero-order chi connectivity index (χ0) is 108. The van der Waals surface area contributed by atoms with Crippen LogP contribution < -0.4 is 21.3 Å². The summed E-state index contributed by atoms with van der Waals surface area (Å²) in [7, 11) is 5.46. The summed E-state index contributed by atoms with van der Waals surface area (Å²) in [5, 5.41) is 347. The van der Waals surface area contributed by atoms with Crippen LogP contribution in [0.1, 0.15) is 67.7 Å². The number of hydrogen-bond donors (Lipinski definition) is 34. The molecule has 34 N–H and O–H groups in total. The summed E-state index contributed by atoms with van der Waals surface area (Å²) in [6, 6.07) is -7.26. The van der Waals surface area contributed by atoms with Crippen LogP contribution in [-0.2, 0) is 133 Å². The van der Waals surface area contributed by atoms with E-state index in [0.29, 0.717) is 0 Å². The van der Waals surface area contributed by atoms with E-state index in [-0.39, 0.29) is 0 Å². The lowest BCUT2D eigenvalue weighted by Gasteiger charge is -2.51. The summed E-state index contributed by atoms with van der Waals surface area (Å²) in [6.45, 7) is -4.13. The van der Waals surface area contributed by atoms with Crippen molar-refractivity contribution in [3.63, 3.8) is 0 Å². The Morgan fingerprint density at radius 1 is 0.329 bits per heavy atom. The Kier molecular flexibility index (Phi) is 43.5. The number of nitrogens with one attached hydrogen (secondary N) is 4. The SMILES string of the molecule is [B]OCC1OC(C)[C@@H](NC(C)=O)[C@@H](O)[C@@H]1OC1OC(CO)[C@@H](OC2OC(COC3OC(CO)C[C@H](O)[C@H]3OC3OC(CO)[C@@H](OC4OC(COC5(C(=O)O)C[C@@H](O)[C@@H](C)C(C(O)[C@H](O)CO)O5)[C@H](O)[C@H](O)[C@@H]4O)[C@H](O)[C@@H]3NC(C)=O)[C@@H](O)[C@H](O[C@@H]3OC(CO)C(O)[C@H](O)[C@@H]3OC3OC(CO)[C@@H](OC4OC(COC5(C(=O)O)C[C@@H](O)[C@@H](C)C(C(O)[C@H](O)CO)O5)[C@H](O)[C@H](O)[C@@H]4O)[C@H](O)[C@@H]3NC(C)=O)[C@H]2O)[C@H](O)[C@@H]1NC(C)=O. The number of carboxylic acid groups (broad SMARTS) is 2. The second kappa shape index (κ2) is 52.4. The van der Waals surface area contributed by atoms with Crippen LogP contribution in [0.4, 0.5) is 0 Å². The minimum Gasteiger partial charge on any atom is -0.477 e. The quantitative estimate of drug-likeness (QED) is 0.0252. The summed E-state index contributed by atoms with van der Waals surface area (Å²) in [4.78, 5) is 78.1. The van der Waals surface area contributed by atoms with E-state index in [4.69, 9.17) is 112 Å². The monoisotopic (exact) mass is 2130 g/mol. The van der Waals surface area contributed by atoms with Crippen LogP contribution in [0.2, 0.25) is 0 Å². The molecule has 0 saturated carbocycles. The first kappa shape index (κ1) is 121. The van der Waals surface area contributed by atoms with Gasteiger partial charge in [-0.05, 0) is 6.92 Å². The molecule has 24 unspecified atom stereocenters. The maximum atomic E-state index is 13.3. The van der Waals surface area contributed by atoms with Crippen molar-refractivity contribution in [2.75, 3.05) is 72.7 Å². The molecule has 0 bridgehead atoms. The van der Waals surface area contributed by atoms with Crippen LogP contribution in [0.3, 0.4) is 0 Å². The van der Waals surface area contributed by atoms with Gasteiger partial charge in [0.1, 0.15) is 220 Å². The van der Waals surface area contributed by atoms with Crippen LogP contribution in [0.5, 0.6) is 0 Å². The summed E-state index contributed by atoms with van der Waals surface area (Å²) < 4.78 is 131. The lowest BCUT2D eigenvalue weighted by atomic mass is 9.84. The topological polar surface area (TPSA) is 961 Å². The van der Waals surface area contributed by atoms with Crippen molar-refractivity contribution in [3.8, 4) is 0 Å². The zero-order valence-electron chi connectivity index (χ0n) is 79.5. The normalized spacial score (nSPS) is 47.0. The van der Waals surface area contributed by atoms with Gasteiger partial charge in [-0.2, -0.15) is 0 Å². The standard InChI is InChI=1S/C83H137BN4O58/c1-22-31(101)9-82(80(121)122,145-63(22)47(105)33(103)12-90)126-19-40-50(108)57(115)60(118)75(136-40)140-66-36(15-93)132-72(44(54(66)112)86-26(5)97)138-65-30(100)8-29(11-89)130-78(65)125-18-39-52(110)70(62(120)77(135-39)142-68-38(17-95)133-73(45(55(68)113)87-27(6)98)139-69-42(21-128-84)129-24(3)43(53(69)111)85-25(4)96)143-79-71(59(117)49(107)35(14-92)131-79)144-74-46(88-28(7)99)56(114)67(37(16-94)134-74)141-76-61(119)58(116)51(109)41(137-76)20-127-83(81(123)124)10-32(102)23(2)64(146-83)48(106)34(104)13-91/h22-24,29-79,89-95,100-120H,8-21H2,1-7H3,(H,85,96)(H,86,97)(H,87,98)(H,88,99)(H,121,122)(H,123,124)/t22-,23-,24?,29?,30+,31-,32-,33-,34-,35?,36?,37?,38?,39?,40?,41?,42?,43-,44+,45+,46+,47?,48?,49?,50+,51+,52-,53-,54-,55-,56-,57+,58+,59+,60+,61+,62-,63?,64?,65-,66-,67-,68-,69-,70+,71+,72?,73?,74?,75?,76?,77?,78?,79+,82?,83?/m1/s1. The van der Waals surface area contributed by atoms with Crippen LogP contribution in [0.15, 0.2) is 0 Å². The molecule has 0 aromatic heterocycles. The molecule has 2 radical (unpaired) electrons. The van der Waals surface area contributed by atoms with Gasteiger partial charge in [0, 0.05) is 58.8 Å². The van der Waals surface area contributed by atoms with E-state index >= 15 is 0 Å². The van der Waals surface area contributed by atoms with Gasteiger partial charge in [0.2, 0.25) is 23.6 Å². The van der Waals surface area contributed by atoms with Crippen LogP contribution in [0, 0.1) is 11.8 Å². The van der Waals surface area contributed by atoms with Crippen LogP contribution >= 0.6 is 0 Å². The minimum absolute atomic E-state index is 0.529. The molecule has 11 rings (SSSR count). The number of carboxylic acids is 2. The first-order valence-corrected chi connectivity index (χ1v) is 47.0. The number of hydrogen-bond acceptors (Lipinski definition) is 56. The highest BCUT2D eigenvalue weighted by molar-refractivity contribution is 5.98. The summed E-state index contributed by atoms with van der Waals surface area (Å²) >= 11 is 0. The molecule has 11 aliphatic heterocycles. The van der Waals surface area contributed by atoms with E-state index in [0.717, 1.165) is 27.7 Å². The fourth-order valence-corrected chi connectivity index (χ4v) is 19.3. The second-order valence-electron chi connectivity index (χ2n) is 37.8. The molecule has 0 spiro atoms. The Morgan fingerprint density at radius 3 is 1.04 bits per heavy atom. The van der Waals surface area contributed by atoms with Gasteiger partial charge in [-0.3, -0.25) is 19.2 Å². The molecule has 56 atom stereocenters. The number of aliphatic carboxylic acids is 2. The molecular formula is C83H137BN4O58. The fraction of sp³-hybridized carbons (Fsp3) is 0.928. The fourth-order valence-electron chi connectivity index (χ4n) is 19.3. The molecule has 62 nitrogen and oxygen atoms in total. The maximum Gasteiger partial charge on any atom is 0.364 e. The highest BCUT2D eigenvalue weighted by Gasteiger charge is 2.64. The van der Waals surface area contributed by atoms with Gasteiger partial charge in [-0.1, -0.05) is 13.8 Å². The van der Waals surface area contributed by atoms with Gasteiger partial charge in [0.25, 0.3) is 19.6 Å². The maximum absolute atomic E-state index is 13.3. The van der Waals surface area contributed by atoms with E-state index in [2.05, 4.69) is 21.3 Å². The largest absolute Gasteiger partial charge is 0.477 e. The molecule has 4 amide bonds. The highest BCUT2D eigenvalue weighted by atomic mass is 16.8. The average Bonchev–Trinajstić information content (AvgIpc) is 0.759. The molecule has 0 aromatic rings. The van der Waals surface area contributed by atoms with Crippen molar-refractivity contribution in [2.45, 2.75) is 398 Å². The van der Waals surface area contributed by atoms with Gasteiger partial charge in [-0.25, -0.2) is 9.59 Å². The third-order valence-corrected chi connectivity index (χ3v) is 27.5. The van der Waals surface area contributed by atoms with Crippen molar-refractivity contribution in [1.29, 1.82) is 0 Å². The van der Waals surface area contributed by atoms with Gasteiger partial charge < -0.3 is 279 Å².